The molecule has 6 nitrogen and oxygen atoms in total. The largest absolute Gasteiger partial charge is 0.356 e. The van der Waals surface area contributed by atoms with E-state index in [-0.39, 0.29) is 5.91 Å². The molecule has 1 aliphatic carbocycles. The number of nitrogens with one attached hydrogen (secondary N) is 3. The molecule has 0 spiro atoms. The maximum absolute atomic E-state index is 11.7. The molecule has 1 aromatic carbocycles. The van der Waals surface area contributed by atoms with Crippen molar-refractivity contribution in [2.24, 2.45) is 10.9 Å². The van der Waals surface area contributed by atoms with Crippen molar-refractivity contribution >= 4 is 11.9 Å². The number of aliphatic imine (C=N–C) groups is 1. The van der Waals surface area contributed by atoms with Gasteiger partial charge in [-0.3, -0.25) is 9.79 Å². The Bertz CT molecular complexity index is 593. The number of hydrogen-bond acceptors (Lipinski definition) is 3. The predicted molar refractivity (Wildman–Crippen MR) is 103 cm³/mol. The van der Waals surface area contributed by atoms with Gasteiger partial charge in [0.05, 0.1) is 0 Å². The molecule has 2 rings (SSSR count). The van der Waals surface area contributed by atoms with Crippen LogP contribution in [-0.2, 0) is 6.42 Å². The minimum Gasteiger partial charge on any atom is -0.356 e. The lowest BCUT2D eigenvalue weighted by Gasteiger charge is -2.25. The summed E-state index contributed by atoms with van der Waals surface area (Å²) in [5.41, 5.74) is 1.83. The van der Waals surface area contributed by atoms with Crippen LogP contribution in [0.4, 0.5) is 0 Å². The SMILES string of the molecule is CN=C(NCCc1cccc(C(=O)NC)c1)NCC(C1CC1)N(C)C. The molecule has 3 N–H and O–H groups in total. The quantitative estimate of drug-likeness (QED) is 0.487. The summed E-state index contributed by atoms with van der Waals surface area (Å²) >= 11 is 0. The zero-order valence-electron chi connectivity index (χ0n) is 15.8. The second-order valence-corrected chi connectivity index (χ2v) is 6.78. The Morgan fingerprint density at radius 2 is 2.08 bits per heavy atom. The number of nitrogens with zero attached hydrogens (tertiary/aromatic N) is 2. The monoisotopic (exact) mass is 345 g/mol. The van der Waals surface area contributed by atoms with Gasteiger partial charge in [0.1, 0.15) is 0 Å². The van der Waals surface area contributed by atoms with Crippen molar-refractivity contribution in [2.75, 3.05) is 41.3 Å². The number of carbonyl (C=O) groups is 1. The molecule has 6 heteroatoms. The molecule has 1 saturated carbocycles. The van der Waals surface area contributed by atoms with E-state index in [0.29, 0.717) is 11.6 Å². The molecule has 25 heavy (non-hydrogen) atoms. The van der Waals surface area contributed by atoms with Crippen molar-refractivity contribution in [3.8, 4) is 0 Å². The first kappa shape index (κ1) is 19.2. The van der Waals surface area contributed by atoms with Crippen molar-refractivity contribution in [3.63, 3.8) is 0 Å². The van der Waals surface area contributed by atoms with Crippen LogP contribution in [0, 0.1) is 5.92 Å². The lowest BCUT2D eigenvalue weighted by molar-refractivity contribution is 0.0963. The van der Waals surface area contributed by atoms with E-state index >= 15 is 0 Å². The van der Waals surface area contributed by atoms with Crippen LogP contribution >= 0.6 is 0 Å². The second-order valence-electron chi connectivity index (χ2n) is 6.78. The molecule has 1 fully saturated rings. The Morgan fingerprint density at radius 3 is 2.68 bits per heavy atom. The summed E-state index contributed by atoms with van der Waals surface area (Å²) in [6.45, 7) is 1.68. The van der Waals surface area contributed by atoms with E-state index in [1.165, 1.54) is 12.8 Å². The third-order valence-electron chi connectivity index (χ3n) is 4.65. The fourth-order valence-electron chi connectivity index (χ4n) is 3.01. The maximum atomic E-state index is 11.7. The first-order valence-corrected chi connectivity index (χ1v) is 8.97. The standard InChI is InChI=1S/C19H31N5O/c1-20-18(25)16-7-5-6-14(12-16)10-11-22-19(21-2)23-13-17(24(3)4)15-8-9-15/h5-7,12,15,17H,8-11,13H2,1-4H3,(H,20,25)(H2,21,22,23). The van der Waals surface area contributed by atoms with E-state index < -0.39 is 0 Å². The minimum atomic E-state index is -0.0536. The fourth-order valence-corrected chi connectivity index (χ4v) is 3.01. The molecule has 1 aliphatic rings. The zero-order valence-corrected chi connectivity index (χ0v) is 15.8. The van der Waals surface area contributed by atoms with Gasteiger partial charge in [-0.05, 0) is 57.0 Å². The van der Waals surface area contributed by atoms with E-state index in [2.05, 4.69) is 39.9 Å². The molecule has 138 valence electrons. The van der Waals surface area contributed by atoms with Gasteiger partial charge >= 0.3 is 0 Å². The molecule has 1 amide bonds. The van der Waals surface area contributed by atoms with Gasteiger partial charge < -0.3 is 20.9 Å². The van der Waals surface area contributed by atoms with E-state index in [1.807, 2.05) is 24.3 Å². The highest BCUT2D eigenvalue weighted by Crippen LogP contribution is 2.34. The molecular weight excluding hydrogens is 314 g/mol. The van der Waals surface area contributed by atoms with Gasteiger partial charge in [0.25, 0.3) is 5.91 Å². The molecule has 1 unspecified atom stereocenters. The highest BCUT2D eigenvalue weighted by molar-refractivity contribution is 5.94. The summed E-state index contributed by atoms with van der Waals surface area (Å²) in [6.07, 6.45) is 3.50. The summed E-state index contributed by atoms with van der Waals surface area (Å²) in [7, 11) is 7.72. The fraction of sp³-hybridized carbons (Fsp3) is 0.579. The normalized spacial score (nSPS) is 15.8. The molecule has 0 aliphatic heterocycles. The van der Waals surface area contributed by atoms with Gasteiger partial charge in [-0.1, -0.05) is 12.1 Å². The Hall–Kier alpha value is -2.08. The molecule has 0 saturated heterocycles. The van der Waals surface area contributed by atoms with Crippen LogP contribution in [0.5, 0.6) is 0 Å². The van der Waals surface area contributed by atoms with Gasteiger partial charge in [0, 0.05) is 38.8 Å². The van der Waals surface area contributed by atoms with Crippen LogP contribution in [0.2, 0.25) is 0 Å². The predicted octanol–water partition coefficient (Wildman–Crippen LogP) is 1.09. The number of amides is 1. The molecule has 1 aromatic rings. The average Bonchev–Trinajstić information content (AvgIpc) is 3.44. The van der Waals surface area contributed by atoms with Crippen LogP contribution in [0.15, 0.2) is 29.3 Å². The third-order valence-corrected chi connectivity index (χ3v) is 4.65. The summed E-state index contributed by atoms with van der Waals surface area (Å²) in [5, 5.41) is 9.44. The summed E-state index contributed by atoms with van der Waals surface area (Å²) in [4.78, 5) is 18.3. The summed E-state index contributed by atoms with van der Waals surface area (Å²) in [5.74, 6) is 1.59. The zero-order chi connectivity index (χ0) is 18.2. The molecular formula is C19H31N5O. The highest BCUT2D eigenvalue weighted by atomic mass is 16.1. The van der Waals surface area contributed by atoms with Crippen molar-refractivity contribution in [1.82, 2.24) is 20.9 Å². The third kappa shape index (κ3) is 6.05. The lowest BCUT2D eigenvalue weighted by Crippen LogP contribution is -2.46. The van der Waals surface area contributed by atoms with Gasteiger partial charge in [-0.15, -0.1) is 0 Å². The van der Waals surface area contributed by atoms with Gasteiger partial charge in [-0.2, -0.15) is 0 Å². The van der Waals surface area contributed by atoms with Crippen molar-refractivity contribution in [2.45, 2.75) is 25.3 Å². The lowest BCUT2D eigenvalue weighted by atomic mass is 10.1. The smallest absolute Gasteiger partial charge is 0.251 e. The highest BCUT2D eigenvalue weighted by Gasteiger charge is 2.32. The van der Waals surface area contributed by atoms with E-state index in [9.17, 15) is 4.79 Å². The average molecular weight is 345 g/mol. The Kier molecular flexibility index (Phi) is 7.25. The molecule has 0 aromatic heterocycles. The van der Waals surface area contributed by atoms with Crippen molar-refractivity contribution in [1.29, 1.82) is 0 Å². The minimum absolute atomic E-state index is 0.0536. The van der Waals surface area contributed by atoms with Crippen LogP contribution in [0.3, 0.4) is 0 Å². The van der Waals surface area contributed by atoms with Crippen LogP contribution in [-0.4, -0.2) is 64.1 Å². The molecule has 0 heterocycles. The number of likely N-dealkylation sites (N-methyl/N-ethyl adjacent to an activating group) is 1. The van der Waals surface area contributed by atoms with Crippen LogP contribution < -0.4 is 16.0 Å². The van der Waals surface area contributed by atoms with Gasteiger partial charge in [-0.25, -0.2) is 0 Å². The van der Waals surface area contributed by atoms with Crippen LogP contribution in [0.25, 0.3) is 0 Å². The van der Waals surface area contributed by atoms with Crippen molar-refractivity contribution < 1.29 is 4.79 Å². The number of guanidine groups is 1. The summed E-state index contributed by atoms with van der Waals surface area (Å²) < 4.78 is 0. The topological polar surface area (TPSA) is 68.8 Å². The van der Waals surface area contributed by atoms with Crippen molar-refractivity contribution in [3.05, 3.63) is 35.4 Å². The van der Waals surface area contributed by atoms with Crippen LogP contribution in [0.1, 0.15) is 28.8 Å². The Labute approximate surface area is 151 Å². The molecule has 0 bridgehead atoms. The number of hydrogen-bond donors (Lipinski definition) is 3. The molecule has 1 atom stereocenters. The van der Waals surface area contributed by atoms with E-state index in [4.69, 9.17) is 0 Å². The summed E-state index contributed by atoms with van der Waals surface area (Å²) in [6, 6.07) is 8.29. The number of carbonyl (C=O) groups excluding carboxylic acids is 1. The second kappa shape index (κ2) is 9.42. The number of benzene rings is 1. The first-order chi connectivity index (χ1) is 12.0. The maximum Gasteiger partial charge on any atom is 0.251 e. The Balaban J connectivity index is 1.78. The van der Waals surface area contributed by atoms with Gasteiger partial charge in [0.2, 0.25) is 0 Å². The first-order valence-electron chi connectivity index (χ1n) is 8.97. The number of rotatable bonds is 8. The van der Waals surface area contributed by atoms with E-state index in [1.54, 1.807) is 14.1 Å². The molecule has 0 radical (unpaired) electrons. The van der Waals surface area contributed by atoms with E-state index in [0.717, 1.165) is 37.0 Å². The Morgan fingerprint density at radius 1 is 1.32 bits per heavy atom. The van der Waals surface area contributed by atoms with Gasteiger partial charge in [0.15, 0.2) is 5.96 Å².